The van der Waals surface area contributed by atoms with Crippen LogP contribution in [0.2, 0.25) is 10.3 Å². The number of amides is 3. The number of benzene rings is 2. The standard InChI is InChI=1S/C24H20Cl2N6O2/c1-24(2,13-27)16-5-4-6-17(10-16)29-21(33)14-7-8-18(25)19(9-14)32-12-15-11-28-22(26)30-20(15)31(3)23(32)34/h4-11H,12H2,1-3H3,(H,29,33). The molecule has 0 saturated heterocycles. The summed E-state index contributed by atoms with van der Waals surface area (Å²) < 4.78 is 0. The summed E-state index contributed by atoms with van der Waals surface area (Å²) in [6, 6.07) is 13.7. The summed E-state index contributed by atoms with van der Waals surface area (Å²) in [4.78, 5) is 37.0. The van der Waals surface area contributed by atoms with E-state index < -0.39 is 5.41 Å². The number of fused-ring (bicyclic) bond motifs is 1. The Kier molecular flexibility index (Phi) is 6.17. The van der Waals surface area contributed by atoms with Gasteiger partial charge in [0, 0.05) is 30.1 Å². The van der Waals surface area contributed by atoms with Crippen LogP contribution in [0.15, 0.2) is 48.7 Å². The van der Waals surface area contributed by atoms with Gasteiger partial charge in [0.15, 0.2) is 0 Å². The van der Waals surface area contributed by atoms with Crippen LogP contribution in [0, 0.1) is 11.3 Å². The minimum Gasteiger partial charge on any atom is -0.322 e. The molecule has 172 valence electrons. The number of hydrogen-bond donors (Lipinski definition) is 1. The van der Waals surface area contributed by atoms with Crippen LogP contribution < -0.4 is 15.1 Å². The molecular formula is C24H20Cl2N6O2. The van der Waals surface area contributed by atoms with Gasteiger partial charge >= 0.3 is 6.03 Å². The van der Waals surface area contributed by atoms with E-state index in [1.807, 2.05) is 19.9 Å². The van der Waals surface area contributed by atoms with E-state index in [1.165, 1.54) is 9.80 Å². The van der Waals surface area contributed by atoms with Crippen molar-refractivity contribution < 1.29 is 9.59 Å². The van der Waals surface area contributed by atoms with Gasteiger partial charge in [-0.3, -0.25) is 14.6 Å². The van der Waals surface area contributed by atoms with Gasteiger partial charge in [-0.15, -0.1) is 0 Å². The topological polar surface area (TPSA) is 102 Å². The molecule has 0 spiro atoms. The lowest BCUT2D eigenvalue weighted by Crippen LogP contribution is -2.46. The van der Waals surface area contributed by atoms with E-state index in [9.17, 15) is 14.9 Å². The smallest absolute Gasteiger partial charge is 0.322 e. The monoisotopic (exact) mass is 494 g/mol. The first-order chi connectivity index (χ1) is 16.1. The molecule has 8 nitrogen and oxygen atoms in total. The molecule has 3 aromatic rings. The second-order valence-corrected chi connectivity index (χ2v) is 9.10. The van der Waals surface area contributed by atoms with E-state index in [0.29, 0.717) is 33.3 Å². The number of nitrogens with one attached hydrogen (secondary N) is 1. The van der Waals surface area contributed by atoms with Crippen molar-refractivity contribution in [1.82, 2.24) is 9.97 Å². The lowest BCUT2D eigenvalue weighted by atomic mass is 9.86. The predicted molar refractivity (Wildman–Crippen MR) is 132 cm³/mol. The van der Waals surface area contributed by atoms with Crippen LogP contribution in [-0.4, -0.2) is 29.0 Å². The molecule has 1 aliphatic rings. The van der Waals surface area contributed by atoms with E-state index in [4.69, 9.17) is 23.2 Å². The first-order valence-electron chi connectivity index (χ1n) is 10.3. The maximum atomic E-state index is 13.0. The first-order valence-corrected chi connectivity index (χ1v) is 11.1. The molecule has 4 rings (SSSR count). The minimum atomic E-state index is -0.695. The van der Waals surface area contributed by atoms with Crippen LogP contribution >= 0.6 is 23.2 Å². The third-order valence-corrected chi connectivity index (χ3v) is 6.10. The van der Waals surface area contributed by atoms with Gasteiger partial charge in [-0.05, 0) is 61.3 Å². The summed E-state index contributed by atoms with van der Waals surface area (Å²) in [7, 11) is 1.58. The van der Waals surface area contributed by atoms with Crippen molar-refractivity contribution in [2.45, 2.75) is 25.8 Å². The summed E-state index contributed by atoms with van der Waals surface area (Å²) in [5, 5.41) is 12.6. The Labute approximate surface area is 206 Å². The van der Waals surface area contributed by atoms with Gasteiger partial charge in [0.1, 0.15) is 5.82 Å². The molecule has 0 saturated carbocycles. The van der Waals surface area contributed by atoms with Gasteiger partial charge in [-0.25, -0.2) is 9.78 Å². The molecular weight excluding hydrogens is 475 g/mol. The number of carbonyl (C=O) groups is 2. The van der Waals surface area contributed by atoms with Gasteiger partial charge in [-0.1, -0.05) is 23.7 Å². The Hall–Kier alpha value is -3.67. The summed E-state index contributed by atoms with van der Waals surface area (Å²) in [5.41, 5.74) is 2.03. The Morgan fingerprint density at radius 1 is 1.21 bits per heavy atom. The van der Waals surface area contributed by atoms with Gasteiger partial charge in [0.2, 0.25) is 5.28 Å². The van der Waals surface area contributed by atoms with Crippen LogP contribution in [0.1, 0.15) is 35.3 Å². The number of nitriles is 1. The molecule has 0 atom stereocenters. The first kappa shape index (κ1) is 23.5. The highest BCUT2D eigenvalue weighted by Crippen LogP contribution is 2.34. The van der Waals surface area contributed by atoms with Crippen molar-refractivity contribution in [1.29, 1.82) is 5.26 Å². The fraction of sp³-hybridized carbons (Fsp3) is 0.208. The molecule has 34 heavy (non-hydrogen) atoms. The number of anilines is 3. The number of aromatic nitrogens is 2. The number of carbonyl (C=O) groups excluding carboxylic acids is 2. The van der Waals surface area contributed by atoms with Gasteiger partial charge in [0.05, 0.1) is 28.7 Å². The van der Waals surface area contributed by atoms with Gasteiger partial charge < -0.3 is 5.32 Å². The fourth-order valence-electron chi connectivity index (χ4n) is 3.59. The Morgan fingerprint density at radius 2 is 1.97 bits per heavy atom. The minimum absolute atomic E-state index is 0.0470. The van der Waals surface area contributed by atoms with Crippen molar-refractivity contribution in [3.63, 3.8) is 0 Å². The van der Waals surface area contributed by atoms with Crippen LogP contribution in [0.4, 0.5) is 22.0 Å². The van der Waals surface area contributed by atoms with Crippen molar-refractivity contribution in [2.75, 3.05) is 22.2 Å². The van der Waals surface area contributed by atoms with Crippen LogP contribution in [0.25, 0.3) is 0 Å². The summed E-state index contributed by atoms with van der Waals surface area (Å²) >= 11 is 12.3. The third-order valence-electron chi connectivity index (χ3n) is 5.60. The zero-order valence-corrected chi connectivity index (χ0v) is 20.1. The number of urea groups is 1. The Morgan fingerprint density at radius 3 is 2.71 bits per heavy atom. The highest BCUT2D eigenvalue weighted by atomic mass is 35.5. The maximum Gasteiger partial charge on any atom is 0.330 e. The molecule has 3 amide bonds. The highest BCUT2D eigenvalue weighted by molar-refractivity contribution is 6.34. The van der Waals surface area contributed by atoms with Gasteiger partial charge in [0.25, 0.3) is 5.91 Å². The molecule has 1 aromatic heterocycles. The van der Waals surface area contributed by atoms with Crippen LogP contribution in [0.5, 0.6) is 0 Å². The lowest BCUT2D eigenvalue weighted by Gasteiger charge is -2.34. The molecule has 2 aromatic carbocycles. The average Bonchev–Trinajstić information content (AvgIpc) is 2.82. The van der Waals surface area contributed by atoms with Crippen LogP contribution in [-0.2, 0) is 12.0 Å². The van der Waals surface area contributed by atoms with Gasteiger partial charge in [-0.2, -0.15) is 10.2 Å². The Balaban J connectivity index is 1.62. The van der Waals surface area contributed by atoms with E-state index in [1.54, 1.807) is 49.6 Å². The largest absolute Gasteiger partial charge is 0.330 e. The van der Waals surface area contributed by atoms with Crippen molar-refractivity contribution in [3.8, 4) is 6.07 Å². The van der Waals surface area contributed by atoms with E-state index in [2.05, 4.69) is 21.4 Å². The summed E-state index contributed by atoms with van der Waals surface area (Å²) in [6.45, 7) is 3.79. The number of nitrogens with zero attached hydrogens (tertiary/aromatic N) is 5. The number of rotatable bonds is 4. The summed E-state index contributed by atoms with van der Waals surface area (Å²) in [6.07, 6.45) is 1.56. The predicted octanol–water partition coefficient (Wildman–Crippen LogP) is 5.41. The normalized spacial score (nSPS) is 13.4. The second kappa shape index (κ2) is 8.93. The summed E-state index contributed by atoms with van der Waals surface area (Å²) in [5.74, 6) is 0.0459. The zero-order valence-electron chi connectivity index (χ0n) is 18.6. The van der Waals surface area contributed by atoms with E-state index >= 15 is 0 Å². The van der Waals surface area contributed by atoms with E-state index in [0.717, 1.165) is 5.56 Å². The zero-order chi connectivity index (χ0) is 24.6. The molecule has 1 N–H and O–H groups in total. The van der Waals surface area contributed by atoms with Crippen molar-refractivity contribution >= 4 is 52.3 Å². The van der Waals surface area contributed by atoms with E-state index in [-0.39, 0.29) is 23.8 Å². The average molecular weight is 495 g/mol. The quantitative estimate of drug-likeness (QED) is 0.488. The number of halogens is 2. The molecule has 0 radical (unpaired) electrons. The number of hydrogen-bond acceptors (Lipinski definition) is 5. The lowest BCUT2D eigenvalue weighted by molar-refractivity contribution is 0.102. The molecule has 0 bridgehead atoms. The van der Waals surface area contributed by atoms with Crippen molar-refractivity contribution in [3.05, 3.63) is 75.7 Å². The Bertz CT molecular complexity index is 1350. The molecule has 10 heteroatoms. The maximum absolute atomic E-state index is 13.0. The highest BCUT2D eigenvalue weighted by Gasteiger charge is 2.32. The van der Waals surface area contributed by atoms with Crippen LogP contribution in [0.3, 0.4) is 0 Å². The molecule has 0 aliphatic carbocycles. The second-order valence-electron chi connectivity index (χ2n) is 8.35. The molecule has 2 heterocycles. The molecule has 1 aliphatic heterocycles. The SMILES string of the molecule is CN1C(=O)N(c2cc(C(=O)Nc3cccc(C(C)(C)C#N)c3)ccc2Cl)Cc2cnc(Cl)nc21. The molecule has 0 fully saturated rings. The molecule has 0 unspecified atom stereocenters. The third kappa shape index (κ3) is 4.40. The van der Waals surface area contributed by atoms with Crippen molar-refractivity contribution in [2.24, 2.45) is 0 Å². The fourth-order valence-corrected chi connectivity index (χ4v) is 3.94.